The quantitative estimate of drug-likeness (QED) is 0.904. The first-order chi connectivity index (χ1) is 9.02. The van der Waals surface area contributed by atoms with Gasteiger partial charge in [-0.2, -0.15) is 0 Å². The Balaban J connectivity index is 2.23. The molecule has 0 aliphatic rings. The van der Waals surface area contributed by atoms with E-state index in [9.17, 15) is 4.79 Å². The summed E-state index contributed by atoms with van der Waals surface area (Å²) in [6.07, 6.45) is 0.883. The van der Waals surface area contributed by atoms with Crippen LogP contribution in [0, 0.1) is 13.8 Å². The van der Waals surface area contributed by atoms with E-state index in [1.54, 1.807) is 0 Å². The molecule has 1 aromatic carbocycles. The fourth-order valence-corrected chi connectivity index (χ4v) is 3.09. The molecule has 2 rings (SSSR count). The molecule has 0 aliphatic carbocycles. The predicted octanol–water partition coefficient (Wildman–Crippen LogP) is 4.34. The van der Waals surface area contributed by atoms with E-state index in [1.807, 2.05) is 32.0 Å². The minimum Gasteiger partial charge on any atom is -0.298 e. The molecule has 19 heavy (non-hydrogen) atoms. The van der Waals surface area contributed by atoms with Crippen LogP contribution < -0.4 is 5.32 Å². The van der Waals surface area contributed by atoms with E-state index < -0.39 is 0 Å². The number of thiazole rings is 1. The summed E-state index contributed by atoms with van der Waals surface area (Å²) >= 11 is 4.95. The molecule has 0 fully saturated rings. The van der Waals surface area contributed by atoms with E-state index in [0.717, 1.165) is 27.0 Å². The average Bonchev–Trinajstić information content (AvgIpc) is 2.72. The number of hydrogen-bond donors (Lipinski definition) is 1. The average molecular weight is 339 g/mol. The largest absolute Gasteiger partial charge is 0.298 e. The first kappa shape index (κ1) is 14.2. The maximum Gasteiger partial charge on any atom is 0.257 e. The number of aromatic nitrogens is 1. The highest BCUT2D eigenvalue weighted by Gasteiger charge is 2.13. The van der Waals surface area contributed by atoms with Gasteiger partial charge >= 0.3 is 0 Å². The van der Waals surface area contributed by atoms with Crippen molar-refractivity contribution in [1.29, 1.82) is 0 Å². The van der Waals surface area contributed by atoms with Gasteiger partial charge in [-0.3, -0.25) is 10.1 Å². The molecule has 0 aliphatic heterocycles. The molecule has 1 N–H and O–H groups in total. The lowest BCUT2D eigenvalue weighted by Gasteiger charge is -2.06. The maximum absolute atomic E-state index is 12.2. The number of benzene rings is 1. The van der Waals surface area contributed by atoms with Crippen molar-refractivity contribution in [2.24, 2.45) is 0 Å². The highest BCUT2D eigenvalue weighted by atomic mass is 79.9. The predicted molar refractivity (Wildman–Crippen MR) is 83.1 cm³/mol. The van der Waals surface area contributed by atoms with Crippen molar-refractivity contribution in [2.75, 3.05) is 5.32 Å². The minimum absolute atomic E-state index is 0.116. The standard InChI is InChI=1S/C14H15BrN2OS/c1-4-12-9(3)19-14(16-12)17-13(18)10-6-5-7-11(15)8(10)2/h5-7H,4H2,1-3H3,(H,16,17,18). The maximum atomic E-state index is 12.2. The van der Waals surface area contributed by atoms with Gasteiger partial charge in [0.15, 0.2) is 5.13 Å². The number of aryl methyl sites for hydroxylation is 2. The lowest BCUT2D eigenvalue weighted by molar-refractivity contribution is 0.102. The monoisotopic (exact) mass is 338 g/mol. The Morgan fingerprint density at radius 2 is 2.16 bits per heavy atom. The van der Waals surface area contributed by atoms with Crippen LogP contribution >= 0.6 is 27.3 Å². The number of rotatable bonds is 3. The molecular formula is C14H15BrN2OS. The summed E-state index contributed by atoms with van der Waals surface area (Å²) < 4.78 is 0.935. The Bertz CT molecular complexity index is 622. The molecular weight excluding hydrogens is 324 g/mol. The van der Waals surface area contributed by atoms with Gasteiger partial charge in [-0.1, -0.05) is 28.9 Å². The second-order valence-electron chi connectivity index (χ2n) is 4.24. The van der Waals surface area contributed by atoms with Crippen molar-refractivity contribution >= 4 is 38.3 Å². The lowest BCUT2D eigenvalue weighted by Crippen LogP contribution is -2.13. The Kier molecular flexibility index (Phi) is 4.37. The summed E-state index contributed by atoms with van der Waals surface area (Å²) in [7, 11) is 0. The van der Waals surface area contributed by atoms with Crippen LogP contribution in [0.2, 0.25) is 0 Å². The van der Waals surface area contributed by atoms with Gasteiger partial charge < -0.3 is 0 Å². The van der Waals surface area contributed by atoms with Gasteiger partial charge in [0.05, 0.1) is 5.69 Å². The Labute approximate surface area is 125 Å². The molecule has 1 amide bonds. The first-order valence-electron chi connectivity index (χ1n) is 6.05. The molecule has 0 radical (unpaired) electrons. The second-order valence-corrected chi connectivity index (χ2v) is 6.30. The van der Waals surface area contributed by atoms with Crippen molar-refractivity contribution in [1.82, 2.24) is 4.98 Å². The van der Waals surface area contributed by atoms with Crippen LogP contribution in [0.4, 0.5) is 5.13 Å². The molecule has 0 bridgehead atoms. The third kappa shape index (κ3) is 3.04. The van der Waals surface area contributed by atoms with E-state index in [2.05, 4.69) is 33.2 Å². The van der Waals surface area contributed by atoms with Crippen molar-refractivity contribution in [3.05, 3.63) is 44.4 Å². The van der Waals surface area contributed by atoms with Gasteiger partial charge in [-0.15, -0.1) is 11.3 Å². The van der Waals surface area contributed by atoms with E-state index in [1.165, 1.54) is 11.3 Å². The van der Waals surface area contributed by atoms with E-state index >= 15 is 0 Å². The molecule has 5 heteroatoms. The lowest BCUT2D eigenvalue weighted by atomic mass is 10.1. The van der Waals surface area contributed by atoms with Gasteiger partial charge in [0, 0.05) is 14.9 Å². The summed E-state index contributed by atoms with van der Waals surface area (Å²) in [5.74, 6) is -0.116. The van der Waals surface area contributed by atoms with Crippen LogP contribution in [0.5, 0.6) is 0 Å². The third-order valence-electron chi connectivity index (χ3n) is 2.96. The number of nitrogens with zero attached hydrogens (tertiary/aromatic N) is 1. The number of nitrogens with one attached hydrogen (secondary N) is 1. The third-order valence-corrected chi connectivity index (χ3v) is 4.75. The van der Waals surface area contributed by atoms with Gasteiger partial charge in [0.25, 0.3) is 5.91 Å². The molecule has 0 saturated carbocycles. The van der Waals surface area contributed by atoms with Crippen LogP contribution in [-0.4, -0.2) is 10.9 Å². The van der Waals surface area contributed by atoms with Gasteiger partial charge in [0.1, 0.15) is 0 Å². The van der Waals surface area contributed by atoms with E-state index in [-0.39, 0.29) is 5.91 Å². The van der Waals surface area contributed by atoms with Crippen molar-refractivity contribution < 1.29 is 4.79 Å². The highest BCUT2D eigenvalue weighted by molar-refractivity contribution is 9.10. The van der Waals surface area contributed by atoms with Crippen LogP contribution in [0.1, 0.15) is 33.4 Å². The number of carbonyl (C=O) groups excluding carboxylic acids is 1. The molecule has 0 atom stereocenters. The summed E-state index contributed by atoms with van der Waals surface area (Å²) in [5, 5.41) is 3.53. The topological polar surface area (TPSA) is 42.0 Å². The fraction of sp³-hybridized carbons (Fsp3) is 0.286. The Morgan fingerprint density at radius 1 is 1.42 bits per heavy atom. The van der Waals surface area contributed by atoms with E-state index in [0.29, 0.717) is 10.7 Å². The summed E-state index contributed by atoms with van der Waals surface area (Å²) in [5.41, 5.74) is 2.65. The SMILES string of the molecule is CCc1nc(NC(=O)c2cccc(Br)c2C)sc1C. The van der Waals surface area contributed by atoms with Crippen LogP contribution in [-0.2, 0) is 6.42 Å². The second kappa shape index (κ2) is 5.84. The molecule has 2 aromatic rings. The van der Waals surface area contributed by atoms with Crippen LogP contribution in [0.25, 0.3) is 0 Å². The normalized spacial score (nSPS) is 10.5. The minimum atomic E-state index is -0.116. The molecule has 1 heterocycles. The van der Waals surface area contributed by atoms with Gasteiger partial charge in [0.2, 0.25) is 0 Å². The fourth-order valence-electron chi connectivity index (χ4n) is 1.83. The zero-order chi connectivity index (χ0) is 14.0. The summed E-state index contributed by atoms with van der Waals surface area (Å²) in [4.78, 5) is 17.8. The molecule has 3 nitrogen and oxygen atoms in total. The molecule has 0 spiro atoms. The molecule has 100 valence electrons. The van der Waals surface area contributed by atoms with Gasteiger partial charge in [-0.05, 0) is 38.0 Å². The molecule has 0 unspecified atom stereocenters. The zero-order valence-corrected chi connectivity index (χ0v) is 13.5. The van der Waals surface area contributed by atoms with Gasteiger partial charge in [-0.25, -0.2) is 4.98 Å². The number of halogens is 1. The smallest absolute Gasteiger partial charge is 0.257 e. The van der Waals surface area contributed by atoms with Crippen LogP contribution in [0.3, 0.4) is 0 Å². The Hall–Kier alpha value is -1.20. The number of carbonyl (C=O) groups is 1. The number of anilines is 1. The Morgan fingerprint density at radius 3 is 2.79 bits per heavy atom. The summed E-state index contributed by atoms with van der Waals surface area (Å²) in [6, 6.07) is 5.60. The van der Waals surface area contributed by atoms with Crippen LogP contribution in [0.15, 0.2) is 22.7 Å². The van der Waals surface area contributed by atoms with Crippen molar-refractivity contribution in [3.63, 3.8) is 0 Å². The van der Waals surface area contributed by atoms with Crippen molar-refractivity contribution in [2.45, 2.75) is 27.2 Å². The summed E-state index contributed by atoms with van der Waals surface area (Å²) in [6.45, 7) is 6.01. The zero-order valence-electron chi connectivity index (χ0n) is 11.1. The highest BCUT2D eigenvalue weighted by Crippen LogP contribution is 2.24. The van der Waals surface area contributed by atoms with Crippen molar-refractivity contribution in [3.8, 4) is 0 Å². The molecule has 1 aromatic heterocycles. The van der Waals surface area contributed by atoms with E-state index in [4.69, 9.17) is 0 Å². The number of amides is 1. The number of hydrogen-bond acceptors (Lipinski definition) is 3. The first-order valence-corrected chi connectivity index (χ1v) is 7.66. The molecule has 0 saturated heterocycles.